The molecule has 2 aromatic rings. The van der Waals surface area contributed by atoms with Gasteiger partial charge in [-0.1, -0.05) is 22.0 Å². The Morgan fingerprint density at radius 1 is 1.00 bits per heavy atom. The molecule has 0 saturated heterocycles. The summed E-state index contributed by atoms with van der Waals surface area (Å²) >= 11 is 6.64. The summed E-state index contributed by atoms with van der Waals surface area (Å²) in [5, 5.41) is 0. The minimum Gasteiger partial charge on any atom is -0.486 e. The SMILES string of the molecule is CC(C)(NS(=O)(=O)c1ccc(Br)cc1Br)c1ccc2c(c1)OCCO2. The zero-order valence-electron chi connectivity index (χ0n) is 13.7. The van der Waals surface area contributed by atoms with Gasteiger partial charge in [-0.05, 0) is 65.7 Å². The smallest absolute Gasteiger partial charge is 0.242 e. The Morgan fingerprint density at radius 3 is 2.36 bits per heavy atom. The van der Waals surface area contributed by atoms with E-state index in [4.69, 9.17) is 9.47 Å². The molecule has 0 atom stereocenters. The summed E-state index contributed by atoms with van der Waals surface area (Å²) in [6.07, 6.45) is 0. The lowest BCUT2D eigenvalue weighted by molar-refractivity contribution is 0.171. The molecule has 0 aliphatic carbocycles. The summed E-state index contributed by atoms with van der Waals surface area (Å²) in [6.45, 7) is 4.61. The average Bonchev–Trinajstić information content (AvgIpc) is 2.53. The van der Waals surface area contributed by atoms with Crippen molar-refractivity contribution in [3.05, 3.63) is 50.9 Å². The van der Waals surface area contributed by atoms with Crippen LogP contribution in [0.3, 0.4) is 0 Å². The summed E-state index contributed by atoms with van der Waals surface area (Å²) < 4.78 is 40.8. The van der Waals surface area contributed by atoms with Gasteiger partial charge in [0.1, 0.15) is 13.2 Å². The van der Waals surface area contributed by atoms with Crippen molar-refractivity contribution in [2.24, 2.45) is 0 Å². The van der Waals surface area contributed by atoms with E-state index in [1.807, 2.05) is 26.0 Å². The minimum absolute atomic E-state index is 0.182. The molecule has 0 saturated carbocycles. The Kier molecular flexibility index (Phi) is 5.16. The van der Waals surface area contributed by atoms with E-state index in [2.05, 4.69) is 36.6 Å². The summed E-state index contributed by atoms with van der Waals surface area (Å²) in [5.41, 5.74) is -0.0465. The van der Waals surface area contributed by atoms with Gasteiger partial charge in [0.25, 0.3) is 0 Å². The first-order valence-electron chi connectivity index (χ1n) is 7.58. The molecular formula is C17H17Br2NO4S. The fraction of sp³-hybridized carbons (Fsp3) is 0.294. The van der Waals surface area contributed by atoms with Crippen molar-refractivity contribution < 1.29 is 17.9 Å². The van der Waals surface area contributed by atoms with Crippen molar-refractivity contribution in [3.63, 3.8) is 0 Å². The van der Waals surface area contributed by atoms with E-state index in [-0.39, 0.29) is 4.90 Å². The standard InChI is InChI=1S/C17H17Br2NO4S/c1-17(2,11-3-5-14-15(9-11)24-8-7-23-14)20-25(21,22)16-6-4-12(18)10-13(16)19/h3-6,9-10,20H,7-8H2,1-2H3. The van der Waals surface area contributed by atoms with Gasteiger partial charge in [0.15, 0.2) is 11.5 Å². The summed E-state index contributed by atoms with van der Waals surface area (Å²) in [7, 11) is -3.72. The van der Waals surface area contributed by atoms with E-state index in [1.165, 1.54) is 0 Å². The van der Waals surface area contributed by atoms with Gasteiger partial charge in [0.05, 0.1) is 10.4 Å². The molecule has 1 aliphatic heterocycles. The molecular weight excluding hydrogens is 474 g/mol. The highest BCUT2D eigenvalue weighted by Gasteiger charge is 2.30. The Morgan fingerprint density at radius 2 is 1.68 bits per heavy atom. The highest BCUT2D eigenvalue weighted by atomic mass is 79.9. The van der Waals surface area contributed by atoms with Crippen LogP contribution in [0, 0.1) is 0 Å². The van der Waals surface area contributed by atoms with Crippen molar-refractivity contribution in [2.75, 3.05) is 13.2 Å². The second-order valence-corrected chi connectivity index (χ2v) is 9.58. The van der Waals surface area contributed by atoms with E-state index in [1.54, 1.807) is 24.3 Å². The van der Waals surface area contributed by atoms with Crippen molar-refractivity contribution in [1.29, 1.82) is 0 Å². The maximum Gasteiger partial charge on any atom is 0.242 e. The quantitative estimate of drug-likeness (QED) is 0.697. The number of halogens is 2. The van der Waals surface area contributed by atoms with Crippen LogP contribution >= 0.6 is 31.9 Å². The fourth-order valence-electron chi connectivity index (χ4n) is 2.58. The molecule has 0 radical (unpaired) electrons. The molecule has 134 valence electrons. The van der Waals surface area contributed by atoms with Crippen LogP contribution in [0.15, 0.2) is 50.2 Å². The highest BCUT2D eigenvalue weighted by Crippen LogP contribution is 2.35. The zero-order valence-corrected chi connectivity index (χ0v) is 17.7. The van der Waals surface area contributed by atoms with E-state index in [0.29, 0.717) is 29.2 Å². The third-order valence-corrected chi connectivity index (χ3v) is 6.96. The molecule has 0 spiro atoms. The van der Waals surface area contributed by atoms with Gasteiger partial charge in [-0.2, -0.15) is 0 Å². The number of hydrogen-bond donors (Lipinski definition) is 1. The van der Waals surface area contributed by atoms with Crippen LogP contribution in [0.25, 0.3) is 0 Å². The normalized spacial score (nSPS) is 14.4. The number of fused-ring (bicyclic) bond motifs is 1. The van der Waals surface area contributed by atoms with Crippen LogP contribution < -0.4 is 14.2 Å². The number of sulfonamides is 1. The minimum atomic E-state index is -3.72. The van der Waals surface area contributed by atoms with Gasteiger partial charge in [-0.25, -0.2) is 13.1 Å². The number of rotatable bonds is 4. The van der Waals surface area contributed by atoms with Gasteiger partial charge in [-0.15, -0.1) is 0 Å². The van der Waals surface area contributed by atoms with Crippen molar-refractivity contribution in [1.82, 2.24) is 4.72 Å². The topological polar surface area (TPSA) is 64.6 Å². The molecule has 0 amide bonds. The number of nitrogens with one attached hydrogen (secondary N) is 1. The van der Waals surface area contributed by atoms with Gasteiger partial charge in [0.2, 0.25) is 10.0 Å². The summed E-state index contributed by atoms with van der Waals surface area (Å²) in [4.78, 5) is 0.182. The number of hydrogen-bond acceptors (Lipinski definition) is 4. The van der Waals surface area contributed by atoms with E-state index in [9.17, 15) is 8.42 Å². The molecule has 0 unspecified atom stereocenters. The van der Waals surface area contributed by atoms with Crippen molar-refractivity contribution >= 4 is 41.9 Å². The van der Waals surface area contributed by atoms with Gasteiger partial charge in [0, 0.05) is 8.95 Å². The lowest BCUT2D eigenvalue weighted by Gasteiger charge is -2.28. The summed E-state index contributed by atoms with van der Waals surface area (Å²) in [5.74, 6) is 1.30. The Hall–Kier alpha value is -1.09. The van der Waals surface area contributed by atoms with Crippen LogP contribution in [0.1, 0.15) is 19.4 Å². The number of ether oxygens (including phenoxy) is 2. The van der Waals surface area contributed by atoms with E-state index >= 15 is 0 Å². The van der Waals surface area contributed by atoms with Gasteiger partial charge >= 0.3 is 0 Å². The monoisotopic (exact) mass is 489 g/mol. The van der Waals surface area contributed by atoms with Crippen LogP contribution in [0.2, 0.25) is 0 Å². The van der Waals surface area contributed by atoms with Crippen LogP contribution in [-0.4, -0.2) is 21.6 Å². The van der Waals surface area contributed by atoms with Gasteiger partial charge < -0.3 is 9.47 Å². The average molecular weight is 491 g/mol. The summed E-state index contributed by atoms with van der Waals surface area (Å²) in [6, 6.07) is 10.4. The molecule has 1 heterocycles. The third-order valence-electron chi connectivity index (χ3n) is 3.84. The van der Waals surface area contributed by atoms with E-state index < -0.39 is 15.6 Å². The second kappa shape index (κ2) is 6.90. The molecule has 0 fully saturated rings. The Balaban J connectivity index is 1.92. The maximum atomic E-state index is 12.8. The van der Waals surface area contributed by atoms with Gasteiger partial charge in [-0.3, -0.25) is 0 Å². The van der Waals surface area contributed by atoms with E-state index in [0.717, 1.165) is 10.0 Å². The lowest BCUT2D eigenvalue weighted by atomic mass is 9.95. The third kappa shape index (κ3) is 4.02. The molecule has 25 heavy (non-hydrogen) atoms. The predicted octanol–water partition coefficient (Wildman–Crippen LogP) is 4.20. The molecule has 8 heteroatoms. The Labute approximate surface area is 164 Å². The molecule has 2 aromatic carbocycles. The Bertz CT molecular complexity index is 913. The fourth-order valence-corrected chi connectivity index (χ4v) is 5.72. The highest BCUT2D eigenvalue weighted by molar-refractivity contribution is 9.11. The number of benzene rings is 2. The molecule has 5 nitrogen and oxygen atoms in total. The predicted molar refractivity (Wildman–Crippen MR) is 103 cm³/mol. The lowest BCUT2D eigenvalue weighted by Crippen LogP contribution is -2.41. The molecule has 0 aromatic heterocycles. The largest absolute Gasteiger partial charge is 0.486 e. The molecule has 1 aliphatic rings. The van der Waals surface area contributed by atoms with Crippen molar-refractivity contribution in [2.45, 2.75) is 24.3 Å². The first kappa shape index (κ1) is 18.7. The van der Waals surface area contributed by atoms with Crippen molar-refractivity contribution in [3.8, 4) is 11.5 Å². The van der Waals surface area contributed by atoms with Crippen LogP contribution in [-0.2, 0) is 15.6 Å². The first-order valence-corrected chi connectivity index (χ1v) is 10.7. The molecule has 1 N–H and O–H groups in total. The zero-order chi connectivity index (χ0) is 18.2. The molecule has 0 bridgehead atoms. The van der Waals surface area contributed by atoms with Crippen LogP contribution in [0.5, 0.6) is 11.5 Å². The molecule has 3 rings (SSSR count). The second-order valence-electron chi connectivity index (χ2n) is 6.16. The first-order chi connectivity index (χ1) is 11.7. The van der Waals surface area contributed by atoms with Crippen LogP contribution in [0.4, 0.5) is 0 Å². The maximum absolute atomic E-state index is 12.8.